The quantitative estimate of drug-likeness (QED) is 0.718. The first-order valence-corrected chi connectivity index (χ1v) is 11.3. The molecular formula is C24H38N6O2. The van der Waals surface area contributed by atoms with E-state index in [1.165, 1.54) is 0 Å². The van der Waals surface area contributed by atoms with E-state index in [9.17, 15) is 9.59 Å². The molecule has 1 aliphatic carbocycles. The normalized spacial score (nSPS) is 23.2. The Hall–Kier alpha value is -2.64. The molecule has 2 aromatic heterocycles. The topological polar surface area (TPSA) is 93.8 Å². The fourth-order valence-corrected chi connectivity index (χ4v) is 5.72. The second-order valence-electron chi connectivity index (χ2n) is 10.6. The van der Waals surface area contributed by atoms with E-state index in [4.69, 9.17) is 0 Å². The highest BCUT2D eigenvalue weighted by atomic mass is 16.2. The Morgan fingerprint density at radius 2 is 1.09 bits per heavy atom. The molecule has 2 atom stereocenters. The van der Waals surface area contributed by atoms with Crippen molar-refractivity contribution in [3.63, 3.8) is 0 Å². The van der Waals surface area contributed by atoms with E-state index in [1.807, 2.05) is 53.7 Å². The van der Waals surface area contributed by atoms with Gasteiger partial charge in [0.1, 0.15) is 12.1 Å². The molecule has 8 heteroatoms. The zero-order valence-corrected chi connectivity index (χ0v) is 21.1. The van der Waals surface area contributed by atoms with Gasteiger partial charge in [0, 0.05) is 34.3 Å². The second-order valence-corrected chi connectivity index (χ2v) is 10.6. The van der Waals surface area contributed by atoms with Crippen molar-refractivity contribution >= 4 is 11.8 Å². The predicted octanol–water partition coefficient (Wildman–Crippen LogP) is 3.17. The van der Waals surface area contributed by atoms with Crippen molar-refractivity contribution in [3.8, 4) is 0 Å². The van der Waals surface area contributed by atoms with Gasteiger partial charge in [0.05, 0.1) is 11.4 Å². The van der Waals surface area contributed by atoms with Gasteiger partial charge in [-0.1, -0.05) is 27.7 Å². The third kappa shape index (κ3) is 3.95. The monoisotopic (exact) mass is 442 g/mol. The van der Waals surface area contributed by atoms with E-state index in [-0.39, 0.29) is 34.7 Å². The Morgan fingerprint density at radius 3 is 1.34 bits per heavy atom. The van der Waals surface area contributed by atoms with Gasteiger partial charge in [0.25, 0.3) is 0 Å². The molecular weight excluding hydrogens is 404 g/mol. The molecule has 0 unspecified atom stereocenters. The molecule has 0 saturated heterocycles. The van der Waals surface area contributed by atoms with Crippen LogP contribution >= 0.6 is 0 Å². The van der Waals surface area contributed by atoms with Crippen LogP contribution < -0.4 is 10.6 Å². The summed E-state index contributed by atoms with van der Waals surface area (Å²) in [6, 6.07) is 2.95. The van der Waals surface area contributed by atoms with Gasteiger partial charge in [-0.05, 0) is 53.7 Å². The minimum absolute atomic E-state index is 0.0665. The summed E-state index contributed by atoms with van der Waals surface area (Å²) in [6.07, 6.45) is 0. The fraction of sp³-hybridized carbons (Fsp3) is 0.667. The summed E-state index contributed by atoms with van der Waals surface area (Å²) in [5.41, 5.74) is 3.09. The lowest BCUT2D eigenvalue weighted by molar-refractivity contribution is -0.145. The van der Waals surface area contributed by atoms with E-state index < -0.39 is 12.1 Å². The fourth-order valence-electron chi connectivity index (χ4n) is 5.72. The van der Waals surface area contributed by atoms with Gasteiger partial charge in [-0.15, -0.1) is 0 Å². The van der Waals surface area contributed by atoms with Crippen LogP contribution in [-0.4, -0.2) is 43.5 Å². The molecule has 0 radical (unpaired) electrons. The maximum absolute atomic E-state index is 13.1. The van der Waals surface area contributed by atoms with Crippen molar-refractivity contribution in [2.24, 2.45) is 10.8 Å². The van der Waals surface area contributed by atoms with Crippen LogP contribution in [0.3, 0.4) is 0 Å². The molecule has 2 heterocycles. The second kappa shape index (κ2) is 8.05. The SMILES string of the molecule is Cc1cc(C)n([C@H](C)C(=O)NC2C(C)(C)C(NC(=O)[C@@H](C)n3nc(C)cc3C)C2(C)C)n1. The minimum Gasteiger partial charge on any atom is -0.350 e. The first-order chi connectivity index (χ1) is 14.7. The highest BCUT2D eigenvalue weighted by molar-refractivity contribution is 5.82. The van der Waals surface area contributed by atoms with Gasteiger partial charge in [0.2, 0.25) is 11.8 Å². The van der Waals surface area contributed by atoms with Crippen LogP contribution in [0, 0.1) is 38.5 Å². The Kier molecular flexibility index (Phi) is 6.04. The first kappa shape index (κ1) is 24.0. The maximum Gasteiger partial charge on any atom is 0.244 e. The molecule has 2 aromatic rings. The van der Waals surface area contributed by atoms with Crippen LogP contribution in [0.5, 0.6) is 0 Å². The Balaban J connectivity index is 1.71. The summed E-state index contributed by atoms with van der Waals surface area (Å²) >= 11 is 0. The van der Waals surface area contributed by atoms with E-state index in [0.717, 1.165) is 22.8 Å². The minimum atomic E-state index is -0.407. The third-order valence-electron chi connectivity index (χ3n) is 7.13. The Labute approximate surface area is 191 Å². The van der Waals surface area contributed by atoms with Crippen LogP contribution in [0.1, 0.15) is 76.4 Å². The molecule has 0 aromatic carbocycles. The van der Waals surface area contributed by atoms with Crippen molar-refractivity contribution in [2.75, 3.05) is 0 Å². The number of hydrogen-bond donors (Lipinski definition) is 2. The largest absolute Gasteiger partial charge is 0.350 e. The number of carbonyl (C=O) groups excluding carboxylic acids is 2. The van der Waals surface area contributed by atoms with Crippen molar-refractivity contribution in [3.05, 3.63) is 34.9 Å². The van der Waals surface area contributed by atoms with Gasteiger partial charge in [-0.3, -0.25) is 19.0 Å². The van der Waals surface area contributed by atoms with Gasteiger partial charge in [-0.25, -0.2) is 0 Å². The number of amides is 2. The molecule has 1 saturated carbocycles. The van der Waals surface area contributed by atoms with Crippen molar-refractivity contribution in [1.82, 2.24) is 30.2 Å². The molecule has 1 aliphatic rings. The predicted molar refractivity (Wildman–Crippen MR) is 124 cm³/mol. The van der Waals surface area contributed by atoms with Crippen LogP contribution in [-0.2, 0) is 9.59 Å². The number of nitrogens with one attached hydrogen (secondary N) is 2. The highest BCUT2D eigenvalue weighted by Gasteiger charge is 2.63. The van der Waals surface area contributed by atoms with Crippen LogP contribution in [0.15, 0.2) is 12.1 Å². The molecule has 0 bridgehead atoms. The van der Waals surface area contributed by atoms with E-state index in [2.05, 4.69) is 48.5 Å². The lowest BCUT2D eigenvalue weighted by Crippen LogP contribution is -2.78. The summed E-state index contributed by atoms with van der Waals surface area (Å²) < 4.78 is 3.53. The summed E-state index contributed by atoms with van der Waals surface area (Å²) in [4.78, 5) is 26.1. The van der Waals surface area contributed by atoms with E-state index >= 15 is 0 Å². The molecule has 8 nitrogen and oxygen atoms in total. The van der Waals surface area contributed by atoms with Crippen LogP contribution in [0.4, 0.5) is 0 Å². The zero-order valence-electron chi connectivity index (χ0n) is 21.1. The van der Waals surface area contributed by atoms with Gasteiger partial charge in [0.15, 0.2) is 0 Å². The van der Waals surface area contributed by atoms with Crippen LogP contribution in [0.25, 0.3) is 0 Å². The molecule has 0 aliphatic heterocycles. The number of nitrogens with zero attached hydrogens (tertiary/aromatic N) is 4. The van der Waals surface area contributed by atoms with E-state index in [1.54, 1.807) is 9.36 Å². The Bertz CT molecular complexity index is 937. The number of aromatic nitrogens is 4. The zero-order chi connectivity index (χ0) is 24.2. The molecule has 1 fully saturated rings. The van der Waals surface area contributed by atoms with Crippen molar-refractivity contribution in [2.45, 2.75) is 93.4 Å². The molecule has 2 N–H and O–H groups in total. The summed E-state index contributed by atoms with van der Waals surface area (Å²) in [5, 5.41) is 15.4. The highest BCUT2D eigenvalue weighted by Crippen LogP contribution is 2.54. The van der Waals surface area contributed by atoms with Gasteiger partial charge < -0.3 is 10.6 Å². The standard InChI is InChI=1S/C24H38N6O2/c1-13-11-15(3)29(27-13)17(5)19(31)25-21-23(7,8)22(24(21,9)10)26-20(32)18(6)30-16(4)12-14(2)28-30/h11-12,17-18,21-22H,1-10H3,(H,25,31)(H,26,32)/t17-,18-,21?,22?/m1/s1. The third-order valence-corrected chi connectivity index (χ3v) is 7.13. The molecule has 176 valence electrons. The van der Waals surface area contributed by atoms with Gasteiger partial charge >= 0.3 is 0 Å². The van der Waals surface area contributed by atoms with E-state index in [0.29, 0.717) is 0 Å². The first-order valence-electron chi connectivity index (χ1n) is 11.3. The average molecular weight is 443 g/mol. The maximum atomic E-state index is 13.1. The summed E-state index contributed by atoms with van der Waals surface area (Å²) in [5.74, 6) is -0.133. The number of rotatable bonds is 6. The lowest BCUT2D eigenvalue weighted by atomic mass is 9.48. The van der Waals surface area contributed by atoms with Gasteiger partial charge in [-0.2, -0.15) is 10.2 Å². The summed E-state index contributed by atoms with van der Waals surface area (Å²) in [6.45, 7) is 19.9. The van der Waals surface area contributed by atoms with Crippen LogP contribution in [0.2, 0.25) is 0 Å². The van der Waals surface area contributed by atoms with Crippen molar-refractivity contribution in [1.29, 1.82) is 0 Å². The lowest BCUT2D eigenvalue weighted by Gasteiger charge is -2.64. The molecule has 0 spiro atoms. The number of hydrogen-bond acceptors (Lipinski definition) is 4. The molecule has 32 heavy (non-hydrogen) atoms. The Morgan fingerprint density at radius 1 is 0.781 bits per heavy atom. The number of carbonyl (C=O) groups is 2. The molecule has 3 rings (SSSR count). The summed E-state index contributed by atoms with van der Waals surface area (Å²) in [7, 11) is 0. The van der Waals surface area contributed by atoms with Crippen molar-refractivity contribution < 1.29 is 9.59 Å². The smallest absolute Gasteiger partial charge is 0.244 e. The number of aryl methyl sites for hydroxylation is 4. The molecule has 2 amide bonds. The average Bonchev–Trinajstić information content (AvgIpc) is 3.21.